The van der Waals surface area contributed by atoms with Crippen molar-refractivity contribution in [2.24, 2.45) is 5.73 Å². The van der Waals surface area contributed by atoms with Gasteiger partial charge in [-0.2, -0.15) is 0 Å². The molecule has 2 heterocycles. The fraction of sp³-hybridized carbons (Fsp3) is 0.571. The summed E-state index contributed by atoms with van der Waals surface area (Å²) in [4.78, 5) is 18.0. The Morgan fingerprint density at radius 1 is 1.55 bits per heavy atom. The molecular weight excluding hydrogens is 276 g/mol. The molecule has 1 aromatic rings. The molecule has 0 radical (unpaired) electrons. The molecule has 20 heavy (non-hydrogen) atoms. The maximum atomic E-state index is 11.5. The molecule has 0 spiro atoms. The third-order valence-corrected chi connectivity index (χ3v) is 3.48. The maximum absolute atomic E-state index is 11.5. The molecule has 1 fully saturated rings. The predicted octanol–water partition coefficient (Wildman–Crippen LogP) is 0.931. The van der Waals surface area contributed by atoms with Crippen LogP contribution in [-0.4, -0.2) is 41.0 Å². The van der Waals surface area contributed by atoms with Gasteiger partial charge in [-0.1, -0.05) is 6.07 Å². The van der Waals surface area contributed by atoms with Gasteiger partial charge in [-0.3, -0.25) is 14.7 Å². The number of aromatic nitrogens is 1. The van der Waals surface area contributed by atoms with E-state index in [0.29, 0.717) is 0 Å². The molecule has 1 aliphatic rings. The van der Waals surface area contributed by atoms with Gasteiger partial charge in [-0.15, -0.1) is 12.4 Å². The molecule has 112 valence electrons. The number of hydrogen-bond donors (Lipinski definition) is 2. The lowest BCUT2D eigenvalue weighted by Gasteiger charge is -2.32. The Kier molecular flexibility index (Phi) is 6.91. The summed E-state index contributed by atoms with van der Waals surface area (Å²) < 4.78 is 0. The number of hydrogen-bond acceptors (Lipinski definition) is 4. The molecule has 3 N–H and O–H groups in total. The Morgan fingerprint density at radius 3 is 2.80 bits per heavy atom. The number of pyridine rings is 1. The highest BCUT2D eigenvalue weighted by molar-refractivity contribution is 5.85. The van der Waals surface area contributed by atoms with E-state index in [0.717, 1.165) is 32.5 Å². The van der Waals surface area contributed by atoms with E-state index < -0.39 is 6.04 Å². The first-order valence-corrected chi connectivity index (χ1v) is 6.82. The summed E-state index contributed by atoms with van der Waals surface area (Å²) >= 11 is 0. The molecule has 1 amide bonds. The number of nitrogens with one attached hydrogen (secondary N) is 1. The van der Waals surface area contributed by atoms with Gasteiger partial charge < -0.3 is 11.1 Å². The first kappa shape index (κ1) is 16.9. The number of nitrogens with two attached hydrogens (primary N) is 1. The van der Waals surface area contributed by atoms with E-state index >= 15 is 0 Å². The number of rotatable bonds is 4. The lowest BCUT2D eigenvalue weighted by Crippen LogP contribution is -2.48. The highest BCUT2D eigenvalue weighted by Gasteiger charge is 2.21. The van der Waals surface area contributed by atoms with Gasteiger partial charge in [-0.25, -0.2) is 0 Å². The largest absolute Gasteiger partial charge is 0.352 e. The fourth-order valence-corrected chi connectivity index (χ4v) is 2.32. The molecule has 0 unspecified atom stereocenters. The molecule has 2 rings (SSSR count). The lowest BCUT2D eigenvalue weighted by atomic mass is 10.0. The van der Waals surface area contributed by atoms with Gasteiger partial charge in [0.25, 0.3) is 0 Å². The van der Waals surface area contributed by atoms with Crippen LogP contribution in [0, 0.1) is 0 Å². The van der Waals surface area contributed by atoms with E-state index in [1.165, 1.54) is 5.56 Å². The second kappa shape index (κ2) is 8.19. The number of nitrogens with zero attached hydrogens (tertiary/aromatic N) is 2. The second-order valence-corrected chi connectivity index (χ2v) is 5.21. The summed E-state index contributed by atoms with van der Waals surface area (Å²) in [6.07, 6.45) is 5.67. The summed E-state index contributed by atoms with van der Waals surface area (Å²) in [5.41, 5.74) is 6.79. The van der Waals surface area contributed by atoms with Gasteiger partial charge >= 0.3 is 0 Å². The van der Waals surface area contributed by atoms with Crippen molar-refractivity contribution >= 4 is 18.3 Å². The smallest absolute Gasteiger partial charge is 0.236 e. The van der Waals surface area contributed by atoms with Crippen LogP contribution in [0.2, 0.25) is 0 Å². The van der Waals surface area contributed by atoms with Crippen LogP contribution in [0.15, 0.2) is 24.5 Å². The summed E-state index contributed by atoms with van der Waals surface area (Å²) in [6.45, 7) is 4.65. The summed E-state index contributed by atoms with van der Waals surface area (Å²) in [6, 6.07) is 3.90. The van der Waals surface area contributed by atoms with Crippen molar-refractivity contribution < 1.29 is 4.79 Å². The van der Waals surface area contributed by atoms with Crippen LogP contribution < -0.4 is 11.1 Å². The van der Waals surface area contributed by atoms with E-state index in [2.05, 4.69) is 21.3 Å². The SMILES string of the molecule is C[C@@H](N)C(=O)NC1CCN(Cc2cccnc2)CC1.Cl. The van der Waals surface area contributed by atoms with Crippen molar-refractivity contribution in [1.29, 1.82) is 0 Å². The minimum Gasteiger partial charge on any atom is -0.352 e. The van der Waals surface area contributed by atoms with Gasteiger partial charge in [0.2, 0.25) is 5.91 Å². The van der Waals surface area contributed by atoms with Crippen LogP contribution in [0.3, 0.4) is 0 Å². The summed E-state index contributed by atoms with van der Waals surface area (Å²) in [7, 11) is 0. The zero-order valence-electron chi connectivity index (χ0n) is 11.8. The molecule has 1 aromatic heterocycles. The van der Waals surface area contributed by atoms with Crippen LogP contribution in [0.1, 0.15) is 25.3 Å². The molecule has 1 saturated heterocycles. The molecule has 0 aliphatic carbocycles. The zero-order chi connectivity index (χ0) is 13.7. The normalized spacial score (nSPS) is 18.1. The van der Waals surface area contributed by atoms with E-state index in [9.17, 15) is 4.79 Å². The van der Waals surface area contributed by atoms with Crippen molar-refractivity contribution in [3.8, 4) is 0 Å². The third kappa shape index (κ3) is 5.07. The first-order chi connectivity index (χ1) is 9.15. The van der Waals surface area contributed by atoms with Crippen molar-refractivity contribution in [3.63, 3.8) is 0 Å². The highest BCUT2D eigenvalue weighted by atomic mass is 35.5. The van der Waals surface area contributed by atoms with Crippen LogP contribution in [-0.2, 0) is 11.3 Å². The van der Waals surface area contributed by atoms with Crippen molar-refractivity contribution in [2.75, 3.05) is 13.1 Å². The monoisotopic (exact) mass is 298 g/mol. The first-order valence-electron chi connectivity index (χ1n) is 6.82. The number of halogens is 1. The van der Waals surface area contributed by atoms with Gasteiger partial charge in [0.05, 0.1) is 6.04 Å². The van der Waals surface area contributed by atoms with E-state index in [1.54, 1.807) is 13.1 Å². The second-order valence-electron chi connectivity index (χ2n) is 5.21. The van der Waals surface area contributed by atoms with Crippen molar-refractivity contribution in [2.45, 2.75) is 38.4 Å². The maximum Gasteiger partial charge on any atom is 0.236 e. The molecule has 0 bridgehead atoms. The molecule has 1 atom stereocenters. The quantitative estimate of drug-likeness (QED) is 0.867. The molecular formula is C14H23ClN4O. The number of likely N-dealkylation sites (tertiary alicyclic amines) is 1. The third-order valence-electron chi connectivity index (χ3n) is 3.48. The number of carbonyl (C=O) groups is 1. The Bertz CT molecular complexity index is 405. The van der Waals surface area contributed by atoms with E-state index in [4.69, 9.17) is 5.73 Å². The lowest BCUT2D eigenvalue weighted by molar-refractivity contribution is -0.123. The molecule has 5 nitrogen and oxygen atoms in total. The summed E-state index contributed by atoms with van der Waals surface area (Å²) in [5.74, 6) is -0.0503. The zero-order valence-corrected chi connectivity index (χ0v) is 12.6. The topological polar surface area (TPSA) is 71.2 Å². The van der Waals surface area contributed by atoms with Crippen LogP contribution in [0.5, 0.6) is 0 Å². The van der Waals surface area contributed by atoms with Crippen molar-refractivity contribution in [3.05, 3.63) is 30.1 Å². The highest BCUT2D eigenvalue weighted by Crippen LogP contribution is 2.13. The van der Waals surface area contributed by atoms with Gasteiger partial charge in [0.1, 0.15) is 0 Å². The van der Waals surface area contributed by atoms with Gasteiger partial charge in [0.15, 0.2) is 0 Å². The van der Waals surface area contributed by atoms with Crippen LogP contribution in [0.25, 0.3) is 0 Å². The Balaban J connectivity index is 0.00000200. The molecule has 0 aromatic carbocycles. The molecule has 0 saturated carbocycles. The molecule has 1 aliphatic heterocycles. The minimum atomic E-state index is -0.423. The van der Waals surface area contributed by atoms with E-state index in [1.807, 2.05) is 12.3 Å². The van der Waals surface area contributed by atoms with Crippen LogP contribution in [0.4, 0.5) is 0 Å². The minimum absolute atomic E-state index is 0. The van der Waals surface area contributed by atoms with Crippen LogP contribution >= 0.6 is 12.4 Å². The standard InChI is InChI=1S/C14H22N4O.ClH/c1-11(15)14(19)17-13-4-7-18(8-5-13)10-12-3-2-6-16-9-12;/h2-3,6,9,11,13H,4-5,7-8,10,15H2,1H3,(H,17,19);1H/t11-;/m1./s1. The average Bonchev–Trinajstić information content (AvgIpc) is 2.42. The number of carbonyl (C=O) groups excluding carboxylic acids is 1. The summed E-state index contributed by atoms with van der Waals surface area (Å²) in [5, 5.41) is 3.00. The van der Waals surface area contributed by atoms with Crippen molar-refractivity contribution in [1.82, 2.24) is 15.2 Å². The Hall–Kier alpha value is -1.17. The average molecular weight is 299 g/mol. The number of piperidine rings is 1. The molecule has 6 heteroatoms. The van der Waals surface area contributed by atoms with E-state index in [-0.39, 0.29) is 24.4 Å². The van der Waals surface area contributed by atoms with Gasteiger partial charge in [-0.05, 0) is 31.4 Å². The predicted molar refractivity (Wildman–Crippen MR) is 81.6 cm³/mol. The Morgan fingerprint density at radius 2 is 2.25 bits per heavy atom. The fourth-order valence-electron chi connectivity index (χ4n) is 2.32. The number of amides is 1. The van der Waals surface area contributed by atoms with Gasteiger partial charge in [0, 0.05) is 38.1 Å². The Labute approximate surface area is 126 Å².